The van der Waals surface area contributed by atoms with E-state index < -0.39 is 0 Å². The van der Waals surface area contributed by atoms with Crippen LogP contribution in [0.1, 0.15) is 12.5 Å². The zero-order valence-electron chi connectivity index (χ0n) is 10.7. The molecular weight excluding hydrogens is 236 g/mol. The van der Waals surface area contributed by atoms with Crippen molar-refractivity contribution in [2.75, 3.05) is 30.2 Å². The molecule has 0 aromatic heterocycles. The lowest BCUT2D eigenvalue weighted by Crippen LogP contribution is -2.21. The molecule has 1 rings (SSSR count). The Labute approximate surface area is 108 Å². The maximum atomic E-state index is 11.7. The molecule has 0 aliphatic carbocycles. The number of hydrogen-bond donors (Lipinski definition) is 1. The molecule has 1 N–H and O–H groups in total. The van der Waals surface area contributed by atoms with Crippen LogP contribution >= 0.6 is 11.6 Å². The molecule has 0 bridgehead atoms. The van der Waals surface area contributed by atoms with Gasteiger partial charge in [-0.05, 0) is 24.6 Å². The highest BCUT2D eigenvalue weighted by atomic mass is 35.5. The van der Waals surface area contributed by atoms with Crippen LogP contribution < -0.4 is 10.2 Å². The summed E-state index contributed by atoms with van der Waals surface area (Å²) in [6.45, 7) is 3.85. The van der Waals surface area contributed by atoms with Crippen molar-refractivity contribution in [2.24, 2.45) is 5.92 Å². The Morgan fingerprint density at radius 2 is 2.12 bits per heavy atom. The summed E-state index contributed by atoms with van der Waals surface area (Å²) in [5.41, 5.74) is 3.08. The normalized spacial score (nSPS) is 12.1. The number of alkyl halides is 1. The van der Waals surface area contributed by atoms with Crippen molar-refractivity contribution in [3.8, 4) is 0 Å². The Morgan fingerprint density at radius 3 is 2.65 bits per heavy atom. The van der Waals surface area contributed by atoms with Crippen LogP contribution in [0.15, 0.2) is 18.2 Å². The number of nitrogens with zero attached hydrogens (tertiary/aromatic N) is 1. The standard InChI is InChI=1S/C13H19ClN2O/c1-9-5-6-11(7-12(9)16(3)4)15-13(17)10(2)8-14/h5-7,10H,8H2,1-4H3,(H,15,17). The van der Waals surface area contributed by atoms with Crippen LogP contribution in [0.4, 0.5) is 11.4 Å². The van der Waals surface area contributed by atoms with E-state index in [1.54, 1.807) is 0 Å². The van der Waals surface area contributed by atoms with Gasteiger partial charge in [-0.3, -0.25) is 4.79 Å². The van der Waals surface area contributed by atoms with E-state index in [1.807, 2.05) is 51.0 Å². The summed E-state index contributed by atoms with van der Waals surface area (Å²) in [5.74, 6) is 0.104. The van der Waals surface area contributed by atoms with Gasteiger partial charge in [0.25, 0.3) is 0 Å². The second-order valence-corrected chi connectivity index (χ2v) is 4.75. The van der Waals surface area contributed by atoms with Crippen molar-refractivity contribution in [3.63, 3.8) is 0 Å². The van der Waals surface area contributed by atoms with Crippen LogP contribution in [-0.4, -0.2) is 25.9 Å². The van der Waals surface area contributed by atoms with Crippen molar-refractivity contribution in [1.82, 2.24) is 0 Å². The first-order valence-electron chi connectivity index (χ1n) is 5.60. The van der Waals surface area contributed by atoms with Crippen LogP contribution in [0.25, 0.3) is 0 Å². The molecule has 0 fully saturated rings. The smallest absolute Gasteiger partial charge is 0.228 e. The first-order chi connectivity index (χ1) is 7.95. The van der Waals surface area contributed by atoms with E-state index >= 15 is 0 Å². The fraction of sp³-hybridized carbons (Fsp3) is 0.462. The lowest BCUT2D eigenvalue weighted by atomic mass is 10.1. The average Bonchev–Trinajstić information content (AvgIpc) is 2.30. The minimum atomic E-state index is -0.180. The first-order valence-corrected chi connectivity index (χ1v) is 6.14. The molecule has 0 saturated carbocycles. The van der Waals surface area contributed by atoms with Gasteiger partial charge in [0.05, 0.1) is 0 Å². The molecule has 1 aromatic rings. The topological polar surface area (TPSA) is 32.3 Å². The molecule has 0 spiro atoms. The van der Waals surface area contributed by atoms with E-state index in [1.165, 1.54) is 5.56 Å². The Morgan fingerprint density at radius 1 is 1.47 bits per heavy atom. The molecule has 0 heterocycles. The van der Waals surface area contributed by atoms with Crippen LogP contribution in [0, 0.1) is 12.8 Å². The minimum Gasteiger partial charge on any atom is -0.377 e. The van der Waals surface area contributed by atoms with Gasteiger partial charge in [0.1, 0.15) is 0 Å². The average molecular weight is 255 g/mol. The van der Waals surface area contributed by atoms with E-state index in [0.717, 1.165) is 11.4 Å². The molecule has 0 saturated heterocycles. The fourth-order valence-corrected chi connectivity index (χ4v) is 1.64. The van der Waals surface area contributed by atoms with Crippen molar-refractivity contribution in [2.45, 2.75) is 13.8 Å². The second-order valence-electron chi connectivity index (χ2n) is 4.44. The Bertz CT molecular complexity index is 404. The number of carbonyl (C=O) groups excluding carboxylic acids is 1. The summed E-state index contributed by atoms with van der Waals surface area (Å²) in [5, 5.41) is 2.87. The summed E-state index contributed by atoms with van der Waals surface area (Å²) < 4.78 is 0. The van der Waals surface area contributed by atoms with Gasteiger partial charge in [-0.2, -0.15) is 0 Å². The first kappa shape index (κ1) is 13.8. The van der Waals surface area contributed by atoms with E-state index in [9.17, 15) is 4.79 Å². The van der Waals surface area contributed by atoms with Gasteiger partial charge >= 0.3 is 0 Å². The van der Waals surface area contributed by atoms with Gasteiger partial charge in [0.2, 0.25) is 5.91 Å². The minimum absolute atomic E-state index is 0.0476. The monoisotopic (exact) mass is 254 g/mol. The van der Waals surface area contributed by atoms with Gasteiger partial charge in [-0.25, -0.2) is 0 Å². The maximum absolute atomic E-state index is 11.7. The Hall–Kier alpha value is -1.22. The SMILES string of the molecule is Cc1ccc(NC(=O)C(C)CCl)cc1N(C)C. The second kappa shape index (κ2) is 5.92. The number of nitrogens with one attached hydrogen (secondary N) is 1. The van der Waals surface area contributed by atoms with Gasteiger partial charge in [-0.1, -0.05) is 13.0 Å². The van der Waals surface area contributed by atoms with Crippen LogP contribution in [-0.2, 0) is 4.79 Å². The zero-order valence-corrected chi connectivity index (χ0v) is 11.5. The zero-order chi connectivity index (χ0) is 13.0. The molecule has 1 unspecified atom stereocenters. The predicted molar refractivity (Wildman–Crippen MR) is 74.0 cm³/mol. The number of benzene rings is 1. The quantitative estimate of drug-likeness (QED) is 0.838. The lowest BCUT2D eigenvalue weighted by Gasteiger charge is -2.17. The highest BCUT2D eigenvalue weighted by Crippen LogP contribution is 2.22. The Kier molecular flexibility index (Phi) is 4.82. The van der Waals surface area contributed by atoms with E-state index in [4.69, 9.17) is 11.6 Å². The van der Waals surface area contributed by atoms with Gasteiger partial charge in [0.15, 0.2) is 0 Å². The predicted octanol–water partition coefficient (Wildman–Crippen LogP) is 2.87. The third-order valence-corrected chi connectivity index (χ3v) is 3.10. The third-order valence-electron chi connectivity index (χ3n) is 2.64. The molecule has 0 aliphatic heterocycles. The van der Waals surface area contributed by atoms with Crippen LogP contribution in [0.3, 0.4) is 0 Å². The lowest BCUT2D eigenvalue weighted by molar-refractivity contribution is -0.118. The molecule has 4 heteroatoms. The molecule has 17 heavy (non-hydrogen) atoms. The van der Waals surface area contributed by atoms with E-state index in [-0.39, 0.29) is 11.8 Å². The molecule has 1 amide bonds. The van der Waals surface area contributed by atoms with E-state index in [2.05, 4.69) is 5.32 Å². The summed E-state index contributed by atoms with van der Waals surface area (Å²) in [7, 11) is 3.96. The number of carbonyl (C=O) groups is 1. The molecule has 1 atom stereocenters. The number of amides is 1. The van der Waals surface area contributed by atoms with Crippen molar-refractivity contribution in [3.05, 3.63) is 23.8 Å². The van der Waals surface area contributed by atoms with Crippen LogP contribution in [0.2, 0.25) is 0 Å². The van der Waals surface area contributed by atoms with E-state index in [0.29, 0.717) is 5.88 Å². The van der Waals surface area contributed by atoms with Gasteiger partial charge in [0, 0.05) is 37.3 Å². The summed E-state index contributed by atoms with van der Waals surface area (Å²) in [4.78, 5) is 13.7. The number of hydrogen-bond acceptors (Lipinski definition) is 2. The maximum Gasteiger partial charge on any atom is 0.228 e. The molecule has 3 nitrogen and oxygen atoms in total. The number of rotatable bonds is 4. The summed E-state index contributed by atoms with van der Waals surface area (Å²) in [6.07, 6.45) is 0. The number of aryl methyl sites for hydroxylation is 1. The van der Waals surface area contributed by atoms with Crippen molar-refractivity contribution < 1.29 is 4.79 Å². The molecule has 94 valence electrons. The van der Waals surface area contributed by atoms with Crippen molar-refractivity contribution >= 4 is 28.9 Å². The largest absolute Gasteiger partial charge is 0.377 e. The van der Waals surface area contributed by atoms with Gasteiger partial charge in [-0.15, -0.1) is 11.6 Å². The highest BCUT2D eigenvalue weighted by molar-refractivity contribution is 6.19. The molecule has 0 aliphatic rings. The van der Waals surface area contributed by atoms with Crippen LogP contribution in [0.5, 0.6) is 0 Å². The summed E-state index contributed by atoms with van der Waals surface area (Å²) in [6, 6.07) is 5.87. The number of halogens is 1. The van der Waals surface area contributed by atoms with Gasteiger partial charge < -0.3 is 10.2 Å². The molecule has 0 radical (unpaired) electrons. The highest BCUT2D eigenvalue weighted by Gasteiger charge is 2.12. The summed E-state index contributed by atoms with van der Waals surface area (Å²) >= 11 is 5.65. The number of anilines is 2. The third kappa shape index (κ3) is 3.63. The Balaban J connectivity index is 2.86. The fourth-order valence-electron chi connectivity index (χ4n) is 1.50. The van der Waals surface area contributed by atoms with Crippen molar-refractivity contribution in [1.29, 1.82) is 0 Å². The molecular formula is C13H19ClN2O. The molecule has 1 aromatic carbocycles.